The van der Waals surface area contributed by atoms with Crippen LogP contribution in [0, 0.1) is 0 Å². The van der Waals surface area contributed by atoms with Crippen molar-refractivity contribution in [3.8, 4) is 0 Å². The molecule has 0 radical (unpaired) electrons. The lowest BCUT2D eigenvalue weighted by atomic mass is 10.2. The highest BCUT2D eigenvalue weighted by molar-refractivity contribution is 5.69. The first-order valence-electron chi connectivity index (χ1n) is 4.90. The molecule has 0 aliphatic heterocycles. The van der Waals surface area contributed by atoms with Gasteiger partial charge in [0.1, 0.15) is 0 Å². The monoisotopic (exact) mass is 204 g/mol. The van der Waals surface area contributed by atoms with Gasteiger partial charge >= 0.3 is 11.9 Å². The molecule has 0 rings (SSSR count). The summed E-state index contributed by atoms with van der Waals surface area (Å²) < 4.78 is 0. The van der Waals surface area contributed by atoms with Crippen LogP contribution in [0.25, 0.3) is 0 Å². The van der Waals surface area contributed by atoms with Gasteiger partial charge in [0.2, 0.25) is 0 Å². The van der Waals surface area contributed by atoms with Gasteiger partial charge in [0.05, 0.1) is 0 Å². The summed E-state index contributed by atoms with van der Waals surface area (Å²) in [7, 11) is 0. The van der Waals surface area contributed by atoms with Gasteiger partial charge in [-0.2, -0.15) is 0 Å². The predicted octanol–water partition coefficient (Wildman–Crippen LogP) is 2.61. The second-order valence-corrected chi connectivity index (χ2v) is 2.86. The summed E-state index contributed by atoms with van der Waals surface area (Å²) in [5, 5.41) is 0. The molecule has 0 saturated carbocycles. The average Bonchev–Trinajstić information content (AvgIpc) is 2.12. The summed E-state index contributed by atoms with van der Waals surface area (Å²) in [4.78, 5) is 27.3. The molecule has 0 saturated heterocycles. The van der Waals surface area contributed by atoms with Crippen LogP contribution in [-0.4, -0.2) is 11.9 Å². The van der Waals surface area contributed by atoms with Gasteiger partial charge < -0.3 is 0 Å². The Kier molecular flexibility index (Phi) is 13.1. The second kappa shape index (κ2) is 11.9. The summed E-state index contributed by atoms with van der Waals surface area (Å²) in [5.74, 6) is -1.28. The molecule has 0 bridgehead atoms. The van der Waals surface area contributed by atoms with Crippen LogP contribution >= 0.6 is 0 Å². The van der Waals surface area contributed by atoms with E-state index in [1.807, 2.05) is 0 Å². The van der Waals surface area contributed by atoms with Gasteiger partial charge in [-0.25, -0.2) is 19.4 Å². The van der Waals surface area contributed by atoms with Crippen molar-refractivity contribution in [3.63, 3.8) is 0 Å². The zero-order valence-electron chi connectivity index (χ0n) is 9.46. The van der Waals surface area contributed by atoms with Crippen LogP contribution in [-0.2, 0) is 19.4 Å². The van der Waals surface area contributed by atoms with Gasteiger partial charge in [0, 0.05) is 13.8 Å². The normalized spacial score (nSPS) is 8.29. The Morgan fingerprint density at radius 2 is 1.14 bits per heavy atom. The van der Waals surface area contributed by atoms with E-state index in [1.165, 1.54) is 25.7 Å². The quantitative estimate of drug-likeness (QED) is 0.403. The van der Waals surface area contributed by atoms with Crippen molar-refractivity contribution < 1.29 is 19.4 Å². The van der Waals surface area contributed by atoms with E-state index in [1.54, 1.807) is 0 Å². The predicted molar refractivity (Wildman–Crippen MR) is 53.3 cm³/mol. The van der Waals surface area contributed by atoms with Crippen molar-refractivity contribution in [2.45, 2.75) is 53.4 Å². The molecule has 0 aliphatic rings. The molecule has 0 aliphatic carbocycles. The molecule has 0 N–H and O–H groups in total. The van der Waals surface area contributed by atoms with Crippen LogP contribution in [0.1, 0.15) is 53.4 Å². The van der Waals surface area contributed by atoms with Crippen molar-refractivity contribution in [1.29, 1.82) is 0 Å². The third-order valence-electron chi connectivity index (χ3n) is 1.23. The average molecular weight is 204 g/mol. The fourth-order valence-electron chi connectivity index (χ4n) is 0.617. The molecule has 0 aromatic heterocycles. The Hall–Kier alpha value is -1.06. The lowest BCUT2D eigenvalue weighted by Crippen LogP contribution is -2.03. The largest absolute Gasteiger partial charge is 0.352 e. The molecule has 14 heavy (non-hydrogen) atoms. The molecule has 0 aromatic carbocycles. The van der Waals surface area contributed by atoms with Gasteiger partial charge in [0.15, 0.2) is 0 Å². The zero-order chi connectivity index (χ0) is 11.4. The lowest BCUT2D eigenvalue weighted by Gasteiger charge is -1.93. The first kappa shape index (κ1) is 15.4. The van der Waals surface area contributed by atoms with Crippen molar-refractivity contribution >= 4 is 11.9 Å². The van der Waals surface area contributed by atoms with Crippen molar-refractivity contribution in [1.82, 2.24) is 0 Å². The summed E-state index contributed by atoms with van der Waals surface area (Å²) in [6, 6.07) is 0. The standard InChI is InChI=1S/C6H14.C4H6O4/c1-3-5-6-4-2;1-3(5)7-8-4(2)6/h3-6H2,1-2H3;1-2H3. The van der Waals surface area contributed by atoms with E-state index in [0.717, 1.165) is 13.8 Å². The van der Waals surface area contributed by atoms with E-state index >= 15 is 0 Å². The third kappa shape index (κ3) is 22.4. The van der Waals surface area contributed by atoms with Crippen molar-refractivity contribution in [2.24, 2.45) is 0 Å². The number of rotatable bonds is 3. The zero-order valence-corrected chi connectivity index (χ0v) is 9.46. The number of carbonyl (C=O) groups excluding carboxylic acids is 2. The summed E-state index contributed by atoms with van der Waals surface area (Å²) >= 11 is 0. The van der Waals surface area contributed by atoms with E-state index in [-0.39, 0.29) is 0 Å². The molecule has 0 heterocycles. The van der Waals surface area contributed by atoms with Gasteiger partial charge in [-0.15, -0.1) is 0 Å². The molecular weight excluding hydrogens is 184 g/mol. The van der Waals surface area contributed by atoms with Gasteiger partial charge in [-0.05, 0) is 0 Å². The molecule has 0 fully saturated rings. The fraction of sp³-hybridized carbons (Fsp3) is 0.800. The van der Waals surface area contributed by atoms with E-state index < -0.39 is 11.9 Å². The van der Waals surface area contributed by atoms with E-state index in [4.69, 9.17) is 0 Å². The first-order chi connectivity index (χ1) is 6.54. The second-order valence-electron chi connectivity index (χ2n) is 2.86. The molecule has 4 heteroatoms. The molecular formula is C10H20O4. The van der Waals surface area contributed by atoms with Crippen LogP contribution in [0.2, 0.25) is 0 Å². The maximum absolute atomic E-state index is 9.85. The lowest BCUT2D eigenvalue weighted by molar-refractivity contribution is -0.255. The van der Waals surface area contributed by atoms with Crippen LogP contribution in [0.4, 0.5) is 0 Å². The summed E-state index contributed by atoms with van der Waals surface area (Å²) in [6.45, 7) is 6.75. The smallest absolute Gasteiger partial charge is 0.248 e. The molecule has 4 nitrogen and oxygen atoms in total. The Morgan fingerprint density at radius 3 is 1.29 bits per heavy atom. The minimum absolute atomic E-state index is 0.639. The number of unbranched alkanes of at least 4 members (excludes halogenated alkanes) is 3. The fourth-order valence-corrected chi connectivity index (χ4v) is 0.617. The van der Waals surface area contributed by atoms with Crippen molar-refractivity contribution in [2.75, 3.05) is 0 Å². The molecule has 0 spiro atoms. The summed E-state index contributed by atoms with van der Waals surface area (Å²) in [5.41, 5.74) is 0. The Balaban J connectivity index is 0. The third-order valence-corrected chi connectivity index (χ3v) is 1.23. The molecule has 0 atom stereocenters. The SMILES string of the molecule is CC(=O)OOC(C)=O.CCCCCC. The van der Waals surface area contributed by atoms with E-state index in [9.17, 15) is 9.59 Å². The maximum Gasteiger partial charge on any atom is 0.352 e. The maximum atomic E-state index is 9.85. The number of hydrogen-bond donors (Lipinski definition) is 0. The first-order valence-corrected chi connectivity index (χ1v) is 4.90. The van der Waals surface area contributed by atoms with E-state index in [2.05, 4.69) is 23.6 Å². The molecule has 0 unspecified atom stereocenters. The number of hydrogen-bond acceptors (Lipinski definition) is 4. The van der Waals surface area contributed by atoms with Crippen LogP contribution in [0.15, 0.2) is 0 Å². The molecule has 84 valence electrons. The van der Waals surface area contributed by atoms with E-state index in [0.29, 0.717) is 0 Å². The topological polar surface area (TPSA) is 52.6 Å². The Morgan fingerprint density at radius 1 is 0.857 bits per heavy atom. The van der Waals surface area contributed by atoms with Gasteiger partial charge in [-0.1, -0.05) is 39.5 Å². The highest BCUT2D eigenvalue weighted by Gasteiger charge is 1.95. The van der Waals surface area contributed by atoms with Crippen LogP contribution < -0.4 is 0 Å². The van der Waals surface area contributed by atoms with Gasteiger partial charge in [0.25, 0.3) is 0 Å². The minimum Gasteiger partial charge on any atom is -0.248 e. The Labute approximate surface area is 85.5 Å². The number of carbonyl (C=O) groups is 2. The highest BCUT2D eigenvalue weighted by Crippen LogP contribution is 1.95. The summed E-state index contributed by atoms with van der Waals surface area (Å²) in [6.07, 6.45) is 5.54. The molecule has 0 aromatic rings. The minimum atomic E-state index is -0.639. The Bertz CT molecular complexity index is 136. The highest BCUT2D eigenvalue weighted by atomic mass is 17.2. The molecule has 0 amide bonds. The van der Waals surface area contributed by atoms with Crippen LogP contribution in [0.3, 0.4) is 0 Å². The van der Waals surface area contributed by atoms with Crippen molar-refractivity contribution in [3.05, 3.63) is 0 Å². The van der Waals surface area contributed by atoms with Gasteiger partial charge in [-0.3, -0.25) is 0 Å². The van der Waals surface area contributed by atoms with Crippen LogP contribution in [0.5, 0.6) is 0 Å².